The van der Waals surface area contributed by atoms with Crippen LogP contribution in [-0.2, 0) is 6.54 Å². The van der Waals surface area contributed by atoms with E-state index in [9.17, 15) is 0 Å². The fourth-order valence-corrected chi connectivity index (χ4v) is 2.42. The zero-order chi connectivity index (χ0) is 13.4. The molecular weight excluding hydrogens is 248 g/mol. The Morgan fingerprint density at radius 1 is 1.15 bits per heavy atom. The van der Waals surface area contributed by atoms with Crippen LogP contribution in [0.25, 0.3) is 11.0 Å². The van der Waals surface area contributed by atoms with Crippen LogP contribution in [-0.4, -0.2) is 14.5 Å². The molecule has 3 aromatic rings. The predicted molar refractivity (Wildman–Crippen MR) is 80.0 cm³/mol. The molecule has 0 aliphatic heterocycles. The number of nitrogens with zero attached hydrogens (tertiary/aromatic N) is 3. The molecule has 1 aliphatic rings. The van der Waals surface area contributed by atoms with Gasteiger partial charge < -0.3 is 9.88 Å². The molecular formula is C16H16N4. The maximum absolute atomic E-state index is 4.42. The van der Waals surface area contributed by atoms with Crippen molar-refractivity contribution in [1.82, 2.24) is 14.5 Å². The lowest BCUT2D eigenvalue weighted by molar-refractivity contribution is 0.642. The second-order valence-corrected chi connectivity index (χ2v) is 5.39. The average molecular weight is 264 g/mol. The molecule has 4 heteroatoms. The lowest BCUT2D eigenvalue weighted by atomic mass is 10.3. The summed E-state index contributed by atoms with van der Waals surface area (Å²) in [4.78, 5) is 8.84. The van der Waals surface area contributed by atoms with E-state index in [4.69, 9.17) is 0 Å². The number of para-hydroxylation sites is 1. The third-order valence-corrected chi connectivity index (χ3v) is 3.71. The number of fused-ring (bicyclic) bond motifs is 1. The highest BCUT2D eigenvalue weighted by atomic mass is 15.1. The molecule has 0 saturated heterocycles. The summed E-state index contributed by atoms with van der Waals surface area (Å²) in [6.07, 6.45) is 6.46. The first-order valence-corrected chi connectivity index (χ1v) is 7.01. The normalized spacial score (nSPS) is 14.6. The Bertz CT molecular complexity index is 729. The molecule has 1 N–H and O–H groups in total. The summed E-state index contributed by atoms with van der Waals surface area (Å²) in [6, 6.07) is 12.2. The molecule has 1 aliphatic carbocycles. The summed E-state index contributed by atoms with van der Waals surface area (Å²) in [5.41, 5.74) is 3.17. The summed E-state index contributed by atoms with van der Waals surface area (Å²) in [5, 5.41) is 3.33. The van der Waals surface area contributed by atoms with Crippen LogP contribution in [0, 0.1) is 5.92 Å². The maximum atomic E-state index is 4.42. The Balaban J connectivity index is 1.66. The van der Waals surface area contributed by atoms with Gasteiger partial charge in [0.25, 0.3) is 0 Å². The lowest BCUT2D eigenvalue weighted by Crippen LogP contribution is -1.99. The molecule has 0 spiro atoms. The van der Waals surface area contributed by atoms with Crippen LogP contribution in [0.2, 0.25) is 0 Å². The van der Waals surface area contributed by atoms with Crippen molar-refractivity contribution in [3.63, 3.8) is 0 Å². The summed E-state index contributed by atoms with van der Waals surface area (Å²) < 4.78 is 2.24. The highest BCUT2D eigenvalue weighted by Crippen LogP contribution is 2.31. The number of pyridine rings is 1. The van der Waals surface area contributed by atoms with Crippen molar-refractivity contribution >= 4 is 22.5 Å². The fourth-order valence-electron chi connectivity index (χ4n) is 2.42. The largest absolute Gasteiger partial charge is 0.340 e. The van der Waals surface area contributed by atoms with Crippen LogP contribution < -0.4 is 5.32 Å². The number of imidazole rings is 1. The Kier molecular flexibility index (Phi) is 2.66. The third kappa shape index (κ3) is 2.25. The number of anilines is 2. The van der Waals surface area contributed by atoms with Gasteiger partial charge in [-0.3, -0.25) is 0 Å². The van der Waals surface area contributed by atoms with Crippen molar-refractivity contribution in [1.29, 1.82) is 0 Å². The number of nitrogens with one attached hydrogen (secondary N) is 1. The molecule has 1 aromatic carbocycles. The first kappa shape index (κ1) is 11.5. The number of hydrogen-bond acceptors (Lipinski definition) is 3. The topological polar surface area (TPSA) is 42.7 Å². The van der Waals surface area contributed by atoms with Gasteiger partial charge in [-0.15, -0.1) is 0 Å². The van der Waals surface area contributed by atoms with E-state index in [2.05, 4.69) is 25.9 Å². The van der Waals surface area contributed by atoms with Gasteiger partial charge in [-0.05, 0) is 30.9 Å². The van der Waals surface area contributed by atoms with Crippen LogP contribution in [0.4, 0.5) is 11.5 Å². The van der Waals surface area contributed by atoms with Crippen LogP contribution in [0.15, 0.2) is 48.9 Å². The molecule has 100 valence electrons. The first-order chi connectivity index (χ1) is 9.88. The number of hydrogen-bond donors (Lipinski definition) is 1. The van der Waals surface area contributed by atoms with Gasteiger partial charge in [0.15, 0.2) is 0 Å². The van der Waals surface area contributed by atoms with Gasteiger partial charge in [0.1, 0.15) is 11.3 Å². The maximum Gasteiger partial charge on any atom is 0.132 e. The second kappa shape index (κ2) is 4.63. The van der Waals surface area contributed by atoms with Gasteiger partial charge in [-0.1, -0.05) is 18.2 Å². The smallest absolute Gasteiger partial charge is 0.132 e. The van der Waals surface area contributed by atoms with Crippen molar-refractivity contribution < 1.29 is 0 Å². The van der Waals surface area contributed by atoms with E-state index < -0.39 is 0 Å². The molecule has 0 amide bonds. The standard InChI is InChI=1S/C16H16N4/c1-2-4-13(5-3-1)19-16-8-15-14(9-17-16)18-11-20(15)10-12-6-7-12/h1-5,8-9,11-12H,6-7,10H2,(H,17,19). The van der Waals surface area contributed by atoms with Crippen LogP contribution in [0.5, 0.6) is 0 Å². The van der Waals surface area contributed by atoms with E-state index in [1.54, 1.807) is 0 Å². The monoisotopic (exact) mass is 264 g/mol. The van der Waals surface area contributed by atoms with Crippen LogP contribution in [0.1, 0.15) is 12.8 Å². The first-order valence-electron chi connectivity index (χ1n) is 7.01. The van der Waals surface area contributed by atoms with Crippen molar-refractivity contribution in [2.24, 2.45) is 5.92 Å². The van der Waals surface area contributed by atoms with Gasteiger partial charge in [0, 0.05) is 18.3 Å². The lowest BCUT2D eigenvalue weighted by Gasteiger charge is -2.07. The van der Waals surface area contributed by atoms with E-state index >= 15 is 0 Å². The molecule has 0 bridgehead atoms. The van der Waals surface area contributed by atoms with Crippen LogP contribution in [0.3, 0.4) is 0 Å². The van der Waals surface area contributed by atoms with Crippen molar-refractivity contribution in [3.05, 3.63) is 48.9 Å². The van der Waals surface area contributed by atoms with Crippen molar-refractivity contribution in [3.8, 4) is 0 Å². The average Bonchev–Trinajstić information content (AvgIpc) is 3.21. The molecule has 4 nitrogen and oxygen atoms in total. The second-order valence-electron chi connectivity index (χ2n) is 5.39. The van der Waals surface area contributed by atoms with E-state index in [1.807, 2.05) is 42.9 Å². The van der Waals surface area contributed by atoms with Gasteiger partial charge in [-0.2, -0.15) is 0 Å². The van der Waals surface area contributed by atoms with E-state index in [1.165, 1.54) is 12.8 Å². The van der Waals surface area contributed by atoms with E-state index in [0.717, 1.165) is 35.0 Å². The SMILES string of the molecule is c1ccc(Nc2cc3c(cn2)ncn3CC2CC2)cc1. The minimum atomic E-state index is 0.839. The van der Waals surface area contributed by atoms with Gasteiger partial charge in [0.2, 0.25) is 0 Å². The van der Waals surface area contributed by atoms with Crippen molar-refractivity contribution in [2.75, 3.05) is 5.32 Å². The summed E-state index contributed by atoms with van der Waals surface area (Å²) in [6.45, 7) is 1.07. The molecule has 0 atom stereocenters. The number of aromatic nitrogens is 3. The van der Waals surface area contributed by atoms with Crippen molar-refractivity contribution in [2.45, 2.75) is 19.4 Å². The van der Waals surface area contributed by atoms with E-state index in [0.29, 0.717) is 0 Å². The Morgan fingerprint density at radius 3 is 2.80 bits per heavy atom. The summed E-state index contributed by atoms with van der Waals surface area (Å²) in [5.74, 6) is 1.70. The predicted octanol–water partition coefficient (Wildman–Crippen LogP) is 3.58. The molecule has 2 heterocycles. The molecule has 0 radical (unpaired) electrons. The molecule has 1 saturated carbocycles. The molecule has 0 unspecified atom stereocenters. The molecule has 4 rings (SSSR count). The minimum absolute atomic E-state index is 0.839. The van der Waals surface area contributed by atoms with E-state index in [-0.39, 0.29) is 0 Å². The number of rotatable bonds is 4. The van der Waals surface area contributed by atoms with Gasteiger partial charge in [0.05, 0.1) is 18.0 Å². The molecule has 1 fully saturated rings. The quantitative estimate of drug-likeness (QED) is 0.783. The Morgan fingerprint density at radius 2 is 2.00 bits per heavy atom. The molecule has 20 heavy (non-hydrogen) atoms. The van der Waals surface area contributed by atoms with Gasteiger partial charge >= 0.3 is 0 Å². The Hall–Kier alpha value is -2.36. The molecule has 2 aromatic heterocycles. The van der Waals surface area contributed by atoms with Gasteiger partial charge in [-0.25, -0.2) is 9.97 Å². The zero-order valence-electron chi connectivity index (χ0n) is 11.2. The Labute approximate surface area is 117 Å². The summed E-state index contributed by atoms with van der Waals surface area (Å²) in [7, 11) is 0. The zero-order valence-corrected chi connectivity index (χ0v) is 11.2. The van der Waals surface area contributed by atoms with Crippen LogP contribution >= 0.6 is 0 Å². The minimum Gasteiger partial charge on any atom is -0.340 e. The number of benzene rings is 1. The highest BCUT2D eigenvalue weighted by molar-refractivity contribution is 5.78. The highest BCUT2D eigenvalue weighted by Gasteiger charge is 2.22. The third-order valence-electron chi connectivity index (χ3n) is 3.71. The summed E-state index contributed by atoms with van der Waals surface area (Å²) >= 11 is 0. The fraction of sp³-hybridized carbons (Fsp3) is 0.250.